The molecule has 2 rings (SSSR count). The first-order valence-electron chi connectivity index (χ1n) is 5.22. The maximum absolute atomic E-state index is 12.9. The number of nitrogen functional groups attached to an aromatic ring is 1. The Balaban J connectivity index is 2.38. The topological polar surface area (TPSA) is 72.2 Å². The van der Waals surface area contributed by atoms with E-state index in [9.17, 15) is 12.8 Å². The van der Waals surface area contributed by atoms with E-state index in [0.717, 1.165) is 18.2 Å². The molecule has 0 aliphatic rings. The molecule has 0 saturated carbocycles. The molecule has 0 spiro atoms. The van der Waals surface area contributed by atoms with E-state index in [1.165, 1.54) is 6.07 Å². The van der Waals surface area contributed by atoms with Crippen LogP contribution in [0.25, 0.3) is 0 Å². The zero-order chi connectivity index (χ0) is 14.0. The van der Waals surface area contributed by atoms with Gasteiger partial charge in [0.2, 0.25) is 0 Å². The average Bonchev–Trinajstić information content (AvgIpc) is 2.27. The van der Waals surface area contributed by atoms with Crippen LogP contribution in [0.3, 0.4) is 0 Å². The second-order valence-electron chi connectivity index (χ2n) is 3.81. The maximum Gasteiger partial charge on any atom is 0.263 e. The zero-order valence-corrected chi connectivity index (χ0v) is 11.2. The molecule has 0 saturated heterocycles. The summed E-state index contributed by atoms with van der Waals surface area (Å²) in [7, 11) is -3.88. The van der Waals surface area contributed by atoms with Gasteiger partial charge in [0, 0.05) is 5.69 Å². The Bertz CT molecular complexity index is 719. The maximum atomic E-state index is 12.9. The minimum absolute atomic E-state index is 0.184. The molecule has 100 valence electrons. The first kappa shape index (κ1) is 13.6. The highest BCUT2D eigenvalue weighted by molar-refractivity contribution is 7.92. The average molecular weight is 301 g/mol. The third-order valence-electron chi connectivity index (χ3n) is 2.32. The van der Waals surface area contributed by atoms with E-state index < -0.39 is 15.8 Å². The molecule has 0 radical (unpaired) electrons. The van der Waals surface area contributed by atoms with Crippen molar-refractivity contribution in [2.24, 2.45) is 0 Å². The summed E-state index contributed by atoms with van der Waals surface area (Å²) in [6.45, 7) is 0. The second kappa shape index (κ2) is 5.07. The van der Waals surface area contributed by atoms with Gasteiger partial charge >= 0.3 is 0 Å². The van der Waals surface area contributed by atoms with E-state index in [1.807, 2.05) is 0 Å². The molecule has 0 unspecified atom stereocenters. The molecule has 2 aromatic carbocycles. The summed E-state index contributed by atoms with van der Waals surface area (Å²) in [6, 6.07) is 9.32. The molecule has 2 aromatic rings. The van der Waals surface area contributed by atoms with Crippen LogP contribution in [0.2, 0.25) is 5.02 Å². The Morgan fingerprint density at radius 1 is 1.16 bits per heavy atom. The number of anilines is 2. The van der Waals surface area contributed by atoms with Crippen molar-refractivity contribution in [3.05, 3.63) is 53.3 Å². The molecule has 3 N–H and O–H groups in total. The molecule has 0 aliphatic heterocycles. The highest BCUT2D eigenvalue weighted by Crippen LogP contribution is 2.25. The van der Waals surface area contributed by atoms with Crippen molar-refractivity contribution in [2.45, 2.75) is 4.90 Å². The quantitative estimate of drug-likeness (QED) is 0.856. The van der Waals surface area contributed by atoms with Crippen LogP contribution in [0.1, 0.15) is 0 Å². The van der Waals surface area contributed by atoms with Crippen LogP contribution < -0.4 is 10.5 Å². The van der Waals surface area contributed by atoms with Crippen molar-refractivity contribution in [1.82, 2.24) is 0 Å². The van der Waals surface area contributed by atoms with Gasteiger partial charge in [-0.05, 0) is 36.4 Å². The Morgan fingerprint density at radius 3 is 2.53 bits per heavy atom. The summed E-state index contributed by atoms with van der Waals surface area (Å²) >= 11 is 5.73. The number of nitrogens with two attached hydrogens (primary N) is 1. The van der Waals surface area contributed by atoms with Crippen LogP contribution in [0.5, 0.6) is 0 Å². The first-order valence-corrected chi connectivity index (χ1v) is 7.08. The van der Waals surface area contributed by atoms with Crippen molar-refractivity contribution in [3.8, 4) is 0 Å². The Labute approximate surface area is 115 Å². The van der Waals surface area contributed by atoms with E-state index >= 15 is 0 Å². The van der Waals surface area contributed by atoms with Gasteiger partial charge in [0.15, 0.2) is 0 Å². The highest BCUT2D eigenvalue weighted by atomic mass is 35.5. The fourth-order valence-corrected chi connectivity index (χ4v) is 3.09. The summed E-state index contributed by atoms with van der Waals surface area (Å²) in [6.07, 6.45) is 0. The van der Waals surface area contributed by atoms with Gasteiger partial charge in [-0.3, -0.25) is 4.72 Å². The molecule has 0 aromatic heterocycles. The highest BCUT2D eigenvalue weighted by Gasteiger charge is 2.18. The lowest BCUT2D eigenvalue weighted by atomic mass is 10.3. The number of hydrogen-bond acceptors (Lipinski definition) is 3. The van der Waals surface area contributed by atoms with Crippen LogP contribution in [0.15, 0.2) is 47.4 Å². The van der Waals surface area contributed by atoms with Crippen molar-refractivity contribution < 1.29 is 12.8 Å². The van der Waals surface area contributed by atoms with Crippen LogP contribution >= 0.6 is 11.6 Å². The number of sulfonamides is 1. The fraction of sp³-hybridized carbons (Fsp3) is 0. The van der Waals surface area contributed by atoms with Crippen molar-refractivity contribution >= 4 is 33.0 Å². The molecule has 0 fully saturated rings. The summed E-state index contributed by atoms with van der Waals surface area (Å²) in [5, 5.41) is -0.184. The number of benzene rings is 2. The second-order valence-corrected chi connectivity index (χ2v) is 5.86. The van der Waals surface area contributed by atoms with Gasteiger partial charge in [-0.15, -0.1) is 0 Å². The van der Waals surface area contributed by atoms with E-state index in [4.69, 9.17) is 17.3 Å². The van der Waals surface area contributed by atoms with Crippen molar-refractivity contribution in [2.75, 3.05) is 10.5 Å². The molecule has 7 heteroatoms. The van der Waals surface area contributed by atoms with Gasteiger partial charge in [0.05, 0.1) is 10.7 Å². The van der Waals surface area contributed by atoms with Gasteiger partial charge in [-0.1, -0.05) is 17.7 Å². The van der Waals surface area contributed by atoms with Gasteiger partial charge in [0.1, 0.15) is 10.7 Å². The summed E-state index contributed by atoms with van der Waals surface area (Å²) < 4.78 is 39.4. The lowest BCUT2D eigenvalue weighted by molar-refractivity contribution is 0.600. The van der Waals surface area contributed by atoms with Crippen LogP contribution in [-0.4, -0.2) is 8.42 Å². The minimum Gasteiger partial charge on any atom is -0.399 e. The summed E-state index contributed by atoms with van der Waals surface area (Å²) in [4.78, 5) is -0.196. The standard InChI is InChI=1S/C12H10ClFN2O2S/c13-11-6-8(14)4-5-12(11)19(17,18)16-10-3-1-2-9(15)7-10/h1-7,16H,15H2. The van der Waals surface area contributed by atoms with Crippen LogP contribution in [-0.2, 0) is 10.0 Å². The summed E-state index contributed by atoms with van der Waals surface area (Å²) in [5.74, 6) is -0.604. The van der Waals surface area contributed by atoms with Gasteiger partial charge in [-0.25, -0.2) is 12.8 Å². The SMILES string of the molecule is Nc1cccc(NS(=O)(=O)c2ccc(F)cc2Cl)c1. The molecular formula is C12H10ClFN2O2S. The lowest BCUT2D eigenvalue weighted by Gasteiger charge is -2.09. The molecular weight excluding hydrogens is 291 g/mol. The van der Waals surface area contributed by atoms with Crippen LogP contribution in [0.4, 0.5) is 15.8 Å². The predicted octanol–water partition coefficient (Wildman–Crippen LogP) is 2.86. The number of nitrogens with one attached hydrogen (secondary N) is 1. The normalized spacial score (nSPS) is 11.3. The monoisotopic (exact) mass is 300 g/mol. The van der Waals surface area contributed by atoms with Crippen molar-refractivity contribution in [1.29, 1.82) is 0 Å². The van der Waals surface area contributed by atoms with Crippen LogP contribution in [0, 0.1) is 5.82 Å². The molecule has 0 atom stereocenters. The number of hydrogen-bond donors (Lipinski definition) is 2. The first-order chi connectivity index (χ1) is 8.88. The summed E-state index contributed by atoms with van der Waals surface area (Å²) in [5.41, 5.74) is 6.28. The van der Waals surface area contributed by atoms with Crippen molar-refractivity contribution in [3.63, 3.8) is 0 Å². The largest absolute Gasteiger partial charge is 0.399 e. The lowest BCUT2D eigenvalue weighted by Crippen LogP contribution is -2.13. The molecule has 0 amide bonds. The van der Waals surface area contributed by atoms with E-state index in [2.05, 4.69) is 4.72 Å². The van der Waals surface area contributed by atoms with Gasteiger partial charge in [-0.2, -0.15) is 0 Å². The molecule has 0 bridgehead atoms. The Morgan fingerprint density at radius 2 is 1.89 bits per heavy atom. The Hall–Kier alpha value is -1.79. The third kappa shape index (κ3) is 3.15. The smallest absolute Gasteiger partial charge is 0.263 e. The molecule has 4 nitrogen and oxygen atoms in total. The fourth-order valence-electron chi connectivity index (χ4n) is 1.51. The van der Waals surface area contributed by atoms with Gasteiger partial charge < -0.3 is 5.73 Å². The third-order valence-corrected chi connectivity index (χ3v) is 4.19. The zero-order valence-electron chi connectivity index (χ0n) is 9.60. The van der Waals surface area contributed by atoms with E-state index in [0.29, 0.717) is 11.4 Å². The number of halogens is 2. The van der Waals surface area contributed by atoms with E-state index in [1.54, 1.807) is 18.2 Å². The molecule has 0 aliphatic carbocycles. The molecule has 19 heavy (non-hydrogen) atoms. The minimum atomic E-state index is -3.88. The number of rotatable bonds is 3. The van der Waals surface area contributed by atoms with Gasteiger partial charge in [0.25, 0.3) is 10.0 Å². The molecule has 0 heterocycles. The van der Waals surface area contributed by atoms with E-state index in [-0.39, 0.29) is 9.92 Å². The Kier molecular flexibility index (Phi) is 3.64. The predicted molar refractivity (Wildman–Crippen MR) is 73.1 cm³/mol.